The van der Waals surface area contributed by atoms with Gasteiger partial charge in [-0.2, -0.15) is 23.5 Å². The third kappa shape index (κ3) is 14.3. The summed E-state index contributed by atoms with van der Waals surface area (Å²) in [7, 11) is 0. The number of para-hydroxylation sites is 1. The average molecular weight is 942 g/mol. The molecule has 0 aliphatic carbocycles. The van der Waals surface area contributed by atoms with Crippen molar-refractivity contribution < 1.29 is 47.4 Å². The first kappa shape index (κ1) is 49.0. The van der Waals surface area contributed by atoms with Crippen LogP contribution in [-0.2, 0) is 20.9 Å². The third-order valence-corrected chi connectivity index (χ3v) is 14.6. The molecule has 17 nitrogen and oxygen atoms in total. The number of rotatable bonds is 23. The number of carboxylic acid groups (broad SMARTS) is 1. The number of ether oxygens (including phenoxy) is 1. The second-order valence-corrected chi connectivity index (χ2v) is 19.0. The van der Waals surface area contributed by atoms with Crippen molar-refractivity contribution in [2.45, 2.75) is 131 Å². The van der Waals surface area contributed by atoms with Crippen LogP contribution in [0.25, 0.3) is 5.69 Å². The lowest BCUT2D eigenvalue weighted by Crippen LogP contribution is -2.43. The van der Waals surface area contributed by atoms with Crippen LogP contribution in [0.15, 0.2) is 48.7 Å². The molecule has 4 aliphatic heterocycles. The number of unbranched alkanes of at least 4 members (excludes halogenated alkanes) is 4. The van der Waals surface area contributed by atoms with Crippen LogP contribution in [0.5, 0.6) is 5.75 Å². The molecule has 0 unspecified atom stereocenters. The lowest BCUT2D eigenvalue weighted by molar-refractivity contribution is -0.137. The zero-order valence-corrected chi connectivity index (χ0v) is 37.8. The number of nitrogens with zero attached hydrogens (tertiary/aromatic N) is 3. The van der Waals surface area contributed by atoms with E-state index < -0.39 is 47.7 Å². The van der Waals surface area contributed by atoms with Crippen LogP contribution < -0.4 is 36.6 Å². The predicted molar refractivity (Wildman–Crippen MR) is 241 cm³/mol. The van der Waals surface area contributed by atoms with Gasteiger partial charge in [-0.25, -0.2) is 23.1 Å². The number of nitrogens with one attached hydrogen (secondary N) is 6. The van der Waals surface area contributed by atoms with Gasteiger partial charge in [0, 0.05) is 40.4 Å². The Morgan fingerprint density at radius 3 is 2.12 bits per heavy atom. The maximum atomic E-state index is 14.0. The zero-order valence-electron chi connectivity index (χ0n) is 36.2. The van der Waals surface area contributed by atoms with Crippen molar-refractivity contribution in [1.82, 2.24) is 46.9 Å². The molecule has 2 aromatic carbocycles. The van der Waals surface area contributed by atoms with Gasteiger partial charge in [-0.05, 0) is 62.4 Å². The third-order valence-electron chi connectivity index (χ3n) is 11.6. The maximum absolute atomic E-state index is 14.0. The molecule has 1 aromatic heterocycles. The molecule has 4 saturated heterocycles. The van der Waals surface area contributed by atoms with Crippen LogP contribution in [0, 0.1) is 11.6 Å². The highest BCUT2D eigenvalue weighted by Gasteiger charge is 2.43. The van der Waals surface area contributed by atoms with Crippen molar-refractivity contribution in [1.29, 1.82) is 0 Å². The number of urea groups is 2. The molecule has 0 bridgehead atoms. The van der Waals surface area contributed by atoms with Crippen molar-refractivity contribution in [2.24, 2.45) is 0 Å². The summed E-state index contributed by atoms with van der Waals surface area (Å²) in [4.78, 5) is 71.7. The first-order valence-corrected chi connectivity index (χ1v) is 24.3. The van der Waals surface area contributed by atoms with Crippen LogP contribution in [0.4, 0.5) is 18.4 Å². The van der Waals surface area contributed by atoms with Crippen LogP contribution in [0.3, 0.4) is 0 Å². The molecule has 0 spiro atoms. The summed E-state index contributed by atoms with van der Waals surface area (Å²) in [5.41, 5.74) is 1.36. The van der Waals surface area contributed by atoms with Gasteiger partial charge in [0.2, 0.25) is 5.91 Å². The SMILES string of the molecule is CCCCC[C@H](NC(=O)c1cccc(-n2cc(CNC(=O)CCCC[C@@H]3SC[C@@H]4NC(=O)N[C@@H]43)nn2)c1)C(=O)COc1c(F)cccc1F.O=C(O)CCCC[C@@H]1SC[C@@H]2NC(=O)N[C@@H]21. The molecular weight excluding hydrogens is 885 g/mol. The number of aromatic nitrogens is 3. The Balaban J connectivity index is 0.000000366. The number of Topliss-reactive ketones (excluding diaryl/α,β-unsaturated/α-hetero) is 1. The molecule has 0 radical (unpaired) electrons. The van der Waals surface area contributed by atoms with Gasteiger partial charge in [0.25, 0.3) is 5.91 Å². The molecule has 352 valence electrons. The van der Waals surface area contributed by atoms with Gasteiger partial charge in [-0.15, -0.1) is 5.10 Å². The summed E-state index contributed by atoms with van der Waals surface area (Å²) < 4.78 is 34.6. The van der Waals surface area contributed by atoms with Gasteiger partial charge < -0.3 is 41.7 Å². The van der Waals surface area contributed by atoms with Crippen molar-refractivity contribution in [3.63, 3.8) is 0 Å². The van der Waals surface area contributed by atoms with E-state index in [9.17, 15) is 37.5 Å². The zero-order chi connectivity index (χ0) is 46.3. The van der Waals surface area contributed by atoms with E-state index in [1.165, 1.54) is 10.7 Å². The maximum Gasteiger partial charge on any atom is 0.315 e. The molecule has 6 amide bonds. The smallest absolute Gasteiger partial charge is 0.315 e. The standard InChI is InChI=1S/C34H41F2N7O5S.C10H16N2O3S/c1-2-3-4-13-26(28(44)19-48-32-24(35)11-8-12-25(32)36)38-33(46)21-9-7-10-23(16-21)43-18-22(41-42-43)17-37-30(45)15-6-5-14-29-31-27(20-49-29)39-34(47)40-31;13-8(14)4-2-1-3-7-9-6(5-16-7)11-10(15)12-9/h7-12,16,18,26-27,29,31H,2-6,13-15,17,19-20H2,1H3,(H,37,45)(H,38,46)(H2,39,40,47);6-7,9H,1-5H2,(H,13,14)(H2,11,12,15)/t26-,27-,29-,31-;6-,7-,9-/m00/s1. The molecule has 5 heterocycles. The van der Waals surface area contributed by atoms with Crippen molar-refractivity contribution in [3.8, 4) is 11.4 Å². The summed E-state index contributed by atoms with van der Waals surface area (Å²) >= 11 is 3.73. The van der Waals surface area contributed by atoms with Gasteiger partial charge in [0.05, 0.1) is 48.6 Å². The van der Waals surface area contributed by atoms with Crippen molar-refractivity contribution in [3.05, 3.63) is 71.6 Å². The minimum Gasteiger partial charge on any atom is -0.481 e. The number of benzene rings is 2. The van der Waals surface area contributed by atoms with E-state index in [1.54, 1.807) is 30.5 Å². The molecule has 7 atom stereocenters. The number of hydrogen-bond acceptors (Lipinski definition) is 11. The topological polar surface area (TPSA) is 235 Å². The summed E-state index contributed by atoms with van der Waals surface area (Å²) in [6, 6.07) is 9.66. The number of carboxylic acids is 1. The van der Waals surface area contributed by atoms with E-state index in [4.69, 9.17) is 9.84 Å². The Bertz CT molecular complexity index is 2130. The molecule has 65 heavy (non-hydrogen) atoms. The number of aliphatic carboxylic acids is 1. The Kier molecular flexibility index (Phi) is 18.2. The van der Waals surface area contributed by atoms with Crippen molar-refractivity contribution >= 4 is 59.2 Å². The molecule has 3 aromatic rings. The fraction of sp³-hybridized carbons (Fsp3) is 0.545. The predicted octanol–water partition coefficient (Wildman–Crippen LogP) is 5.01. The Hall–Kier alpha value is -5.44. The monoisotopic (exact) mass is 941 g/mol. The number of ketones is 1. The first-order valence-electron chi connectivity index (χ1n) is 22.2. The number of halogens is 2. The molecule has 21 heteroatoms. The lowest BCUT2D eigenvalue weighted by atomic mass is 10.0. The van der Waals surface area contributed by atoms with E-state index in [2.05, 4.69) is 42.2 Å². The quantitative estimate of drug-likeness (QED) is 0.0491. The number of hydrogen-bond donors (Lipinski definition) is 7. The number of thioether (sulfide) groups is 2. The van der Waals surface area contributed by atoms with E-state index >= 15 is 0 Å². The molecular formula is C44H57F2N9O8S2. The van der Waals surface area contributed by atoms with Crippen LogP contribution in [0.2, 0.25) is 0 Å². The highest BCUT2D eigenvalue weighted by atomic mass is 32.2. The van der Waals surface area contributed by atoms with Gasteiger partial charge in [-0.3, -0.25) is 19.2 Å². The lowest BCUT2D eigenvalue weighted by Gasteiger charge is -2.18. The molecule has 0 saturated carbocycles. The first-order chi connectivity index (χ1) is 31.4. The molecule has 4 aliphatic rings. The Morgan fingerprint density at radius 2 is 1.49 bits per heavy atom. The molecule has 7 rings (SSSR count). The summed E-state index contributed by atoms with van der Waals surface area (Å²) in [5.74, 6) is -2.43. The summed E-state index contributed by atoms with van der Waals surface area (Å²) in [6.07, 6.45) is 10.2. The van der Waals surface area contributed by atoms with Crippen LogP contribution in [0.1, 0.15) is 100 Å². The molecule has 7 N–H and O–H groups in total. The number of carbonyl (C=O) groups excluding carboxylic acids is 5. The largest absolute Gasteiger partial charge is 0.481 e. The minimum absolute atomic E-state index is 0.0640. The Morgan fingerprint density at radius 1 is 0.862 bits per heavy atom. The van der Waals surface area contributed by atoms with Gasteiger partial charge in [0.15, 0.2) is 23.2 Å². The van der Waals surface area contributed by atoms with Crippen LogP contribution >= 0.6 is 23.5 Å². The highest BCUT2D eigenvalue weighted by Crippen LogP contribution is 2.34. The number of amides is 6. The van der Waals surface area contributed by atoms with E-state index in [1.807, 2.05) is 30.4 Å². The average Bonchev–Trinajstić information content (AvgIpc) is 4.13. The summed E-state index contributed by atoms with van der Waals surface area (Å²) in [5, 5.41) is 35.0. The second-order valence-electron chi connectivity index (χ2n) is 16.4. The van der Waals surface area contributed by atoms with E-state index in [0.29, 0.717) is 41.1 Å². The molecule has 4 fully saturated rings. The van der Waals surface area contributed by atoms with Gasteiger partial charge >= 0.3 is 18.0 Å². The summed E-state index contributed by atoms with van der Waals surface area (Å²) in [6.45, 7) is 1.60. The Labute approximate surface area is 384 Å². The number of fused-ring (bicyclic) bond motifs is 2. The van der Waals surface area contributed by atoms with Crippen LogP contribution in [-0.4, -0.2) is 115 Å². The fourth-order valence-electron chi connectivity index (χ4n) is 8.13. The van der Waals surface area contributed by atoms with E-state index in [-0.39, 0.29) is 60.7 Å². The van der Waals surface area contributed by atoms with Gasteiger partial charge in [-0.1, -0.05) is 56.4 Å². The second kappa shape index (κ2) is 24.2. The normalized spacial score (nSPS) is 22.0. The van der Waals surface area contributed by atoms with Crippen molar-refractivity contribution in [2.75, 3.05) is 18.1 Å². The van der Waals surface area contributed by atoms with E-state index in [0.717, 1.165) is 75.0 Å². The number of carbonyl (C=O) groups is 6. The highest BCUT2D eigenvalue weighted by molar-refractivity contribution is 8.00. The minimum atomic E-state index is -0.918. The fourth-order valence-corrected chi connectivity index (χ4v) is 11.2. The van der Waals surface area contributed by atoms with Gasteiger partial charge in [0.1, 0.15) is 12.3 Å².